The van der Waals surface area contributed by atoms with Gasteiger partial charge in [0.25, 0.3) is 0 Å². The Labute approximate surface area is 160 Å². The number of aromatic amines is 1. The normalized spacial score (nSPS) is 13.3. The lowest BCUT2D eigenvalue weighted by Crippen LogP contribution is -2.25. The van der Waals surface area contributed by atoms with Gasteiger partial charge in [0.1, 0.15) is 0 Å². The molecule has 0 unspecified atom stereocenters. The third-order valence-electron chi connectivity index (χ3n) is 4.41. The number of Topliss-reactive ketones (excluding diaryl/α,β-unsaturated/α-hetero) is 1. The number of esters is 1. The molecule has 0 radical (unpaired) electrons. The summed E-state index contributed by atoms with van der Waals surface area (Å²) in [5.74, 6) is -0.522. The number of hydrogen-bond donors (Lipinski definition) is 1. The molecule has 0 bridgehead atoms. The van der Waals surface area contributed by atoms with Gasteiger partial charge in [0.05, 0.1) is 21.3 Å². The number of ether oxygens (including phenoxy) is 1. The summed E-state index contributed by atoms with van der Waals surface area (Å²) >= 11 is 0. The van der Waals surface area contributed by atoms with Crippen molar-refractivity contribution in [1.29, 1.82) is 0 Å². The topological polar surface area (TPSA) is 76.2 Å². The fourth-order valence-electron chi connectivity index (χ4n) is 3.06. The van der Waals surface area contributed by atoms with Crippen LogP contribution >= 0.6 is 0 Å². The Kier molecular flexibility index (Phi) is 5.56. The van der Waals surface area contributed by atoms with Crippen molar-refractivity contribution in [3.8, 4) is 0 Å². The smallest absolute Gasteiger partial charge is 0.340 e. The van der Waals surface area contributed by atoms with Crippen LogP contribution in [0, 0.1) is 6.92 Å². The van der Waals surface area contributed by atoms with E-state index in [0.717, 1.165) is 16.6 Å². The van der Waals surface area contributed by atoms with Crippen molar-refractivity contribution >= 4 is 33.5 Å². The van der Waals surface area contributed by atoms with E-state index in [0.29, 0.717) is 16.2 Å². The quantitative estimate of drug-likeness (QED) is 0.515. The van der Waals surface area contributed by atoms with Gasteiger partial charge in [-0.3, -0.25) is 9.00 Å². The maximum Gasteiger partial charge on any atom is 0.340 e. The Morgan fingerprint density at radius 3 is 2.52 bits per heavy atom. The van der Waals surface area contributed by atoms with Gasteiger partial charge in [0.2, 0.25) is 5.78 Å². The van der Waals surface area contributed by atoms with E-state index >= 15 is 0 Å². The number of fused-ring (bicyclic) bond motifs is 1. The van der Waals surface area contributed by atoms with Gasteiger partial charge in [0, 0.05) is 27.9 Å². The predicted octanol–water partition coefficient (Wildman–Crippen LogP) is 4.03. The minimum Gasteiger partial charge on any atom is -0.451 e. The molecule has 0 spiro atoms. The fourth-order valence-corrected chi connectivity index (χ4v) is 4.00. The number of aromatic nitrogens is 1. The summed E-state index contributed by atoms with van der Waals surface area (Å²) in [6.07, 6.45) is -0.960. The molecule has 2 aromatic carbocycles. The van der Waals surface area contributed by atoms with Crippen molar-refractivity contribution in [2.45, 2.75) is 31.8 Å². The Balaban J connectivity index is 1.86. The van der Waals surface area contributed by atoms with Crippen LogP contribution in [0.5, 0.6) is 0 Å². The molecule has 3 aromatic rings. The van der Waals surface area contributed by atoms with Crippen LogP contribution < -0.4 is 0 Å². The minimum atomic E-state index is -1.29. The number of aryl methyl sites for hydroxylation is 1. The maximum absolute atomic E-state index is 12.9. The number of carbonyl (C=O) groups excluding carboxylic acids is 2. The van der Waals surface area contributed by atoms with Crippen molar-refractivity contribution in [3.05, 3.63) is 65.4 Å². The summed E-state index contributed by atoms with van der Waals surface area (Å²) in [4.78, 5) is 29.1. The molecule has 3 rings (SSSR count). The van der Waals surface area contributed by atoms with Crippen LogP contribution in [0.4, 0.5) is 0 Å². The molecule has 1 aromatic heterocycles. The zero-order chi connectivity index (χ0) is 19.6. The lowest BCUT2D eigenvalue weighted by Gasteiger charge is -2.14. The Morgan fingerprint density at radius 2 is 1.78 bits per heavy atom. The average molecular weight is 383 g/mol. The van der Waals surface area contributed by atoms with Crippen molar-refractivity contribution < 1.29 is 18.5 Å². The molecule has 0 aliphatic carbocycles. The highest BCUT2D eigenvalue weighted by atomic mass is 32.2. The molecule has 1 heterocycles. The summed E-state index contributed by atoms with van der Waals surface area (Å²) < 4.78 is 17.6. The summed E-state index contributed by atoms with van der Waals surface area (Å²) in [6, 6.07) is 14.1. The molecule has 0 saturated heterocycles. The molecule has 1 N–H and O–H groups in total. The highest BCUT2D eigenvalue weighted by Gasteiger charge is 2.26. The second kappa shape index (κ2) is 7.88. The first-order valence-electron chi connectivity index (χ1n) is 8.74. The zero-order valence-electron chi connectivity index (χ0n) is 15.4. The van der Waals surface area contributed by atoms with E-state index in [9.17, 15) is 13.8 Å². The number of nitrogens with one attached hydrogen (secondary N) is 1. The Morgan fingerprint density at radius 1 is 1.11 bits per heavy atom. The highest BCUT2D eigenvalue weighted by Crippen LogP contribution is 2.24. The third kappa shape index (κ3) is 3.71. The van der Waals surface area contributed by atoms with E-state index in [1.807, 2.05) is 31.2 Å². The van der Waals surface area contributed by atoms with E-state index in [1.165, 1.54) is 0 Å². The minimum absolute atomic E-state index is 0.230. The SMILES string of the molecule is CC[S@](=O)c1ccccc1C(=O)O[C@@H](C)C(=O)c1c(C)[nH]c2ccccc12. The summed E-state index contributed by atoms with van der Waals surface area (Å²) in [7, 11) is -1.29. The largest absolute Gasteiger partial charge is 0.451 e. The number of carbonyl (C=O) groups is 2. The number of ketones is 1. The number of rotatable bonds is 6. The van der Waals surface area contributed by atoms with Crippen LogP contribution in [0.3, 0.4) is 0 Å². The molecule has 27 heavy (non-hydrogen) atoms. The number of hydrogen-bond acceptors (Lipinski definition) is 4. The first-order valence-corrected chi connectivity index (χ1v) is 10.1. The Bertz CT molecular complexity index is 1040. The van der Waals surface area contributed by atoms with Crippen LogP contribution in [0.2, 0.25) is 0 Å². The number of benzene rings is 2. The maximum atomic E-state index is 12.9. The number of para-hydroxylation sites is 1. The third-order valence-corrected chi connectivity index (χ3v) is 5.78. The first kappa shape index (κ1) is 19.0. The fraction of sp³-hybridized carbons (Fsp3) is 0.238. The van der Waals surface area contributed by atoms with Crippen molar-refractivity contribution in [2.75, 3.05) is 5.75 Å². The second-order valence-corrected chi connectivity index (χ2v) is 7.92. The molecule has 0 saturated carbocycles. The monoisotopic (exact) mass is 383 g/mol. The lowest BCUT2D eigenvalue weighted by atomic mass is 10.0. The van der Waals surface area contributed by atoms with Crippen molar-refractivity contribution in [2.24, 2.45) is 0 Å². The molecule has 0 fully saturated rings. The molecule has 2 atom stereocenters. The molecule has 6 heteroatoms. The second-order valence-electron chi connectivity index (χ2n) is 6.21. The standard InChI is InChI=1S/C21H21NO4S/c1-4-27(25)18-12-8-6-10-16(18)21(24)26-14(3)20(23)19-13(2)22-17-11-7-5-9-15(17)19/h5-12,14,22H,4H2,1-3H3/t14-,27-/m0/s1. The van der Waals surface area contributed by atoms with E-state index in [4.69, 9.17) is 4.74 Å². The number of H-pyrrole nitrogens is 1. The lowest BCUT2D eigenvalue weighted by molar-refractivity contribution is 0.0315. The van der Waals surface area contributed by atoms with E-state index in [1.54, 1.807) is 38.1 Å². The molecule has 5 nitrogen and oxygen atoms in total. The van der Waals surface area contributed by atoms with Crippen LogP contribution in [0.15, 0.2) is 53.4 Å². The van der Waals surface area contributed by atoms with Gasteiger partial charge >= 0.3 is 5.97 Å². The first-order chi connectivity index (χ1) is 12.9. The van der Waals surface area contributed by atoms with E-state index in [-0.39, 0.29) is 11.3 Å². The van der Waals surface area contributed by atoms with Gasteiger partial charge in [0.15, 0.2) is 6.10 Å². The summed E-state index contributed by atoms with van der Waals surface area (Å²) in [6.45, 7) is 5.16. The molecule has 140 valence electrons. The van der Waals surface area contributed by atoms with Crippen LogP contribution in [0.1, 0.15) is 40.3 Å². The van der Waals surface area contributed by atoms with Gasteiger partial charge in [-0.15, -0.1) is 0 Å². The van der Waals surface area contributed by atoms with Crippen molar-refractivity contribution in [1.82, 2.24) is 4.98 Å². The predicted molar refractivity (Wildman–Crippen MR) is 106 cm³/mol. The van der Waals surface area contributed by atoms with Crippen LogP contribution in [-0.2, 0) is 15.5 Å². The van der Waals surface area contributed by atoms with E-state index < -0.39 is 22.9 Å². The van der Waals surface area contributed by atoms with Crippen LogP contribution in [0.25, 0.3) is 10.9 Å². The molecule has 0 aliphatic rings. The van der Waals surface area contributed by atoms with Crippen LogP contribution in [-0.4, -0.2) is 32.8 Å². The van der Waals surface area contributed by atoms with Gasteiger partial charge in [-0.1, -0.05) is 37.3 Å². The molecular weight excluding hydrogens is 362 g/mol. The van der Waals surface area contributed by atoms with Gasteiger partial charge in [-0.2, -0.15) is 0 Å². The van der Waals surface area contributed by atoms with Gasteiger partial charge < -0.3 is 9.72 Å². The molecule has 0 amide bonds. The summed E-state index contributed by atoms with van der Waals surface area (Å²) in [5, 5.41) is 0.801. The highest BCUT2D eigenvalue weighted by molar-refractivity contribution is 7.85. The van der Waals surface area contributed by atoms with E-state index in [2.05, 4.69) is 4.98 Å². The average Bonchev–Trinajstić information content (AvgIpc) is 3.02. The van der Waals surface area contributed by atoms with Gasteiger partial charge in [-0.05, 0) is 32.0 Å². The van der Waals surface area contributed by atoms with Gasteiger partial charge in [-0.25, -0.2) is 4.79 Å². The Hall–Kier alpha value is -2.73. The summed E-state index contributed by atoms with van der Waals surface area (Å²) in [5.41, 5.74) is 2.35. The zero-order valence-corrected chi connectivity index (χ0v) is 16.3. The molecule has 0 aliphatic heterocycles. The van der Waals surface area contributed by atoms with Crippen molar-refractivity contribution in [3.63, 3.8) is 0 Å². The molecular formula is C21H21NO4S.